The van der Waals surface area contributed by atoms with Gasteiger partial charge in [0.15, 0.2) is 11.6 Å². The Bertz CT molecular complexity index is 623. The van der Waals surface area contributed by atoms with Crippen molar-refractivity contribution in [1.29, 1.82) is 0 Å². The first-order valence-corrected chi connectivity index (χ1v) is 6.66. The minimum absolute atomic E-state index is 0.190. The van der Waals surface area contributed by atoms with E-state index in [1.54, 1.807) is 38.3 Å². The van der Waals surface area contributed by atoms with E-state index in [0.29, 0.717) is 16.9 Å². The molecule has 1 atom stereocenters. The third kappa shape index (κ3) is 3.34. The molecule has 21 heavy (non-hydrogen) atoms. The number of hydrogen-bond acceptors (Lipinski definition) is 3. The second-order valence-electron chi connectivity index (χ2n) is 5.12. The zero-order chi connectivity index (χ0) is 15.5. The van der Waals surface area contributed by atoms with Crippen LogP contribution in [0, 0.1) is 5.82 Å². The van der Waals surface area contributed by atoms with Crippen molar-refractivity contribution in [2.24, 2.45) is 0 Å². The van der Waals surface area contributed by atoms with Crippen molar-refractivity contribution >= 4 is 0 Å². The molecule has 0 aliphatic rings. The van der Waals surface area contributed by atoms with Gasteiger partial charge in [0.1, 0.15) is 5.75 Å². The van der Waals surface area contributed by atoms with E-state index in [1.165, 1.54) is 13.2 Å². The predicted octanol–water partition coefficient (Wildman–Crippen LogP) is 3.29. The molecule has 112 valence electrons. The minimum atomic E-state index is -1.16. The average molecular weight is 290 g/mol. The fraction of sp³-hybridized carbons (Fsp3) is 0.294. The summed E-state index contributed by atoms with van der Waals surface area (Å²) in [6.07, 6.45) is 0.272. The van der Waals surface area contributed by atoms with Crippen molar-refractivity contribution in [3.8, 4) is 11.5 Å². The topological polar surface area (TPSA) is 38.7 Å². The Morgan fingerprint density at radius 2 is 1.71 bits per heavy atom. The van der Waals surface area contributed by atoms with Gasteiger partial charge < -0.3 is 14.6 Å². The molecule has 0 amide bonds. The Labute approximate surface area is 124 Å². The highest BCUT2D eigenvalue weighted by Gasteiger charge is 2.27. The zero-order valence-electron chi connectivity index (χ0n) is 12.4. The van der Waals surface area contributed by atoms with E-state index in [9.17, 15) is 9.50 Å². The van der Waals surface area contributed by atoms with E-state index in [-0.39, 0.29) is 12.2 Å². The van der Waals surface area contributed by atoms with Crippen LogP contribution in [-0.2, 0) is 12.0 Å². The maximum atomic E-state index is 13.7. The number of rotatable bonds is 5. The van der Waals surface area contributed by atoms with Crippen molar-refractivity contribution < 1.29 is 19.0 Å². The van der Waals surface area contributed by atoms with Crippen molar-refractivity contribution in [2.45, 2.75) is 18.9 Å². The molecule has 3 nitrogen and oxygen atoms in total. The molecule has 0 spiro atoms. The summed E-state index contributed by atoms with van der Waals surface area (Å²) < 4.78 is 23.9. The van der Waals surface area contributed by atoms with E-state index >= 15 is 0 Å². The predicted molar refractivity (Wildman–Crippen MR) is 79.2 cm³/mol. The molecular weight excluding hydrogens is 271 g/mol. The van der Waals surface area contributed by atoms with E-state index in [2.05, 4.69) is 0 Å². The van der Waals surface area contributed by atoms with Gasteiger partial charge in [-0.1, -0.05) is 24.3 Å². The van der Waals surface area contributed by atoms with Crippen LogP contribution in [0.3, 0.4) is 0 Å². The summed E-state index contributed by atoms with van der Waals surface area (Å²) in [7, 11) is 2.98. The highest BCUT2D eigenvalue weighted by Crippen LogP contribution is 2.33. The lowest BCUT2D eigenvalue weighted by molar-refractivity contribution is 0.0549. The van der Waals surface area contributed by atoms with Crippen LogP contribution in [0.15, 0.2) is 42.5 Å². The zero-order valence-corrected chi connectivity index (χ0v) is 12.4. The van der Waals surface area contributed by atoms with Gasteiger partial charge in [-0.05, 0) is 30.7 Å². The van der Waals surface area contributed by atoms with Crippen LogP contribution in [0.1, 0.15) is 18.1 Å². The van der Waals surface area contributed by atoms with Crippen molar-refractivity contribution in [3.63, 3.8) is 0 Å². The van der Waals surface area contributed by atoms with Gasteiger partial charge in [-0.2, -0.15) is 0 Å². The monoisotopic (exact) mass is 290 g/mol. The molecule has 1 N–H and O–H groups in total. The molecule has 2 rings (SSSR count). The largest absolute Gasteiger partial charge is 0.496 e. The fourth-order valence-corrected chi connectivity index (χ4v) is 2.40. The Balaban J connectivity index is 2.30. The molecule has 0 aromatic heterocycles. The van der Waals surface area contributed by atoms with Gasteiger partial charge in [-0.15, -0.1) is 0 Å². The molecule has 0 saturated carbocycles. The lowest BCUT2D eigenvalue weighted by Crippen LogP contribution is -2.25. The van der Waals surface area contributed by atoms with Gasteiger partial charge >= 0.3 is 0 Å². The quantitative estimate of drug-likeness (QED) is 0.918. The summed E-state index contributed by atoms with van der Waals surface area (Å²) in [5, 5.41) is 10.7. The molecule has 0 radical (unpaired) electrons. The molecular formula is C17H19FO3. The normalized spacial score (nSPS) is 13.6. The smallest absolute Gasteiger partial charge is 0.165 e. The van der Waals surface area contributed by atoms with Crippen LogP contribution >= 0.6 is 0 Å². The number of halogens is 1. The lowest BCUT2D eigenvalue weighted by atomic mass is 9.88. The first-order chi connectivity index (χ1) is 9.97. The minimum Gasteiger partial charge on any atom is -0.496 e. The van der Waals surface area contributed by atoms with Crippen LogP contribution in [0.4, 0.5) is 4.39 Å². The number of para-hydroxylation sites is 1. The number of ether oxygens (including phenoxy) is 2. The Hall–Kier alpha value is -2.07. The number of aliphatic hydroxyl groups is 1. The van der Waals surface area contributed by atoms with Crippen LogP contribution in [0.2, 0.25) is 0 Å². The standard InChI is InChI=1S/C17H19FO3/c1-17(19,13-6-4-5-7-15(13)20-2)11-12-8-9-16(21-3)14(18)10-12/h4-10,19H,11H2,1-3H3. The molecule has 2 aromatic rings. The SMILES string of the molecule is COc1ccc(CC(C)(O)c2ccccc2OC)cc1F. The fourth-order valence-electron chi connectivity index (χ4n) is 2.40. The number of benzene rings is 2. The van der Waals surface area contributed by atoms with Gasteiger partial charge in [0, 0.05) is 12.0 Å². The first kappa shape index (κ1) is 15.3. The summed E-state index contributed by atoms with van der Waals surface area (Å²) in [4.78, 5) is 0. The average Bonchev–Trinajstić information content (AvgIpc) is 2.47. The van der Waals surface area contributed by atoms with Gasteiger partial charge in [0.25, 0.3) is 0 Å². The van der Waals surface area contributed by atoms with Crippen LogP contribution in [-0.4, -0.2) is 19.3 Å². The van der Waals surface area contributed by atoms with E-state index in [4.69, 9.17) is 9.47 Å². The first-order valence-electron chi connectivity index (χ1n) is 6.66. The maximum absolute atomic E-state index is 13.7. The Kier molecular flexibility index (Phi) is 4.48. The van der Waals surface area contributed by atoms with Crippen molar-refractivity contribution in [1.82, 2.24) is 0 Å². The molecule has 0 saturated heterocycles. The summed E-state index contributed by atoms with van der Waals surface area (Å²) >= 11 is 0. The van der Waals surface area contributed by atoms with Crippen LogP contribution in [0.5, 0.6) is 11.5 Å². The molecule has 4 heteroatoms. The maximum Gasteiger partial charge on any atom is 0.165 e. The summed E-state index contributed by atoms with van der Waals surface area (Å²) in [6.45, 7) is 1.69. The van der Waals surface area contributed by atoms with E-state index in [1.807, 2.05) is 12.1 Å². The molecule has 0 aliphatic carbocycles. The molecule has 0 aliphatic heterocycles. The van der Waals surface area contributed by atoms with Gasteiger partial charge in [-0.3, -0.25) is 0 Å². The van der Waals surface area contributed by atoms with Crippen molar-refractivity contribution in [3.05, 3.63) is 59.4 Å². The molecule has 0 bridgehead atoms. The Morgan fingerprint density at radius 1 is 1.05 bits per heavy atom. The lowest BCUT2D eigenvalue weighted by Gasteiger charge is -2.26. The van der Waals surface area contributed by atoms with Gasteiger partial charge in [0.05, 0.1) is 19.8 Å². The molecule has 1 unspecified atom stereocenters. The Morgan fingerprint density at radius 3 is 2.33 bits per heavy atom. The number of hydrogen-bond donors (Lipinski definition) is 1. The molecule has 2 aromatic carbocycles. The third-order valence-corrected chi connectivity index (χ3v) is 3.45. The molecule has 0 fully saturated rings. The van der Waals surface area contributed by atoms with Gasteiger partial charge in [-0.25, -0.2) is 4.39 Å². The third-order valence-electron chi connectivity index (χ3n) is 3.45. The van der Waals surface area contributed by atoms with E-state index < -0.39 is 11.4 Å². The second-order valence-corrected chi connectivity index (χ2v) is 5.12. The highest BCUT2D eigenvalue weighted by molar-refractivity contribution is 5.39. The summed E-state index contributed by atoms with van der Waals surface area (Å²) in [5.74, 6) is 0.359. The number of methoxy groups -OCH3 is 2. The van der Waals surface area contributed by atoms with E-state index in [0.717, 1.165) is 0 Å². The highest BCUT2D eigenvalue weighted by atomic mass is 19.1. The second kappa shape index (κ2) is 6.14. The van der Waals surface area contributed by atoms with Gasteiger partial charge in [0.2, 0.25) is 0 Å². The van der Waals surface area contributed by atoms with Crippen molar-refractivity contribution in [2.75, 3.05) is 14.2 Å². The summed E-state index contributed by atoms with van der Waals surface area (Å²) in [5.41, 5.74) is 0.195. The molecule has 0 heterocycles. The van der Waals surface area contributed by atoms with Crippen LogP contribution < -0.4 is 9.47 Å². The summed E-state index contributed by atoms with van der Waals surface area (Å²) in [6, 6.07) is 11.9. The van der Waals surface area contributed by atoms with Crippen LogP contribution in [0.25, 0.3) is 0 Å².